The van der Waals surface area contributed by atoms with E-state index in [2.05, 4.69) is 170 Å². The van der Waals surface area contributed by atoms with E-state index in [1.165, 1.54) is 38.6 Å². The lowest BCUT2D eigenvalue weighted by Crippen LogP contribution is -2.15. The van der Waals surface area contributed by atoms with Crippen LogP contribution in [-0.2, 0) is 5.41 Å². The van der Waals surface area contributed by atoms with Gasteiger partial charge in [0.2, 0.25) is 0 Å². The van der Waals surface area contributed by atoms with Gasteiger partial charge >= 0.3 is 0 Å². The summed E-state index contributed by atoms with van der Waals surface area (Å²) < 4.78 is 6.85. The van der Waals surface area contributed by atoms with Crippen LogP contribution < -0.4 is 0 Å². The van der Waals surface area contributed by atoms with E-state index in [9.17, 15) is 0 Å². The highest BCUT2D eigenvalue weighted by Crippen LogP contribution is 2.55. The normalized spacial score (nSPS) is 13.3. The predicted molar refractivity (Wildman–Crippen MR) is 231 cm³/mol. The van der Waals surface area contributed by atoms with Crippen molar-refractivity contribution in [2.75, 3.05) is 0 Å². The zero-order valence-corrected chi connectivity index (χ0v) is 30.8. The average molecular weight is 716 g/mol. The van der Waals surface area contributed by atoms with Gasteiger partial charge in [0, 0.05) is 60.6 Å². The first-order valence-electron chi connectivity index (χ1n) is 19.2. The molecule has 4 aromatic heterocycles. The zero-order valence-electron chi connectivity index (χ0n) is 30.8. The van der Waals surface area contributed by atoms with Crippen LogP contribution in [0.25, 0.3) is 110 Å². The van der Waals surface area contributed by atoms with E-state index < -0.39 is 0 Å². The van der Waals surface area contributed by atoms with E-state index >= 15 is 0 Å². The van der Waals surface area contributed by atoms with E-state index in [0.29, 0.717) is 0 Å². The Bertz CT molecular complexity index is 3450. The fourth-order valence-corrected chi connectivity index (χ4v) is 9.20. The number of benzene rings is 7. The molecule has 0 amide bonds. The van der Waals surface area contributed by atoms with Gasteiger partial charge in [-0.3, -0.25) is 4.98 Å². The molecule has 262 valence electrons. The van der Waals surface area contributed by atoms with Gasteiger partial charge in [0.15, 0.2) is 0 Å². The highest BCUT2D eigenvalue weighted by atomic mass is 16.3. The summed E-state index contributed by atoms with van der Waals surface area (Å²) in [4.78, 5) is 15.1. The van der Waals surface area contributed by atoms with Gasteiger partial charge in [-0.05, 0) is 69.6 Å². The first-order chi connectivity index (χ1) is 27.5. The molecule has 0 atom stereocenters. The maximum absolute atomic E-state index is 6.85. The summed E-state index contributed by atoms with van der Waals surface area (Å²) in [5.41, 5.74) is 15.8. The molecule has 7 aromatic carbocycles. The van der Waals surface area contributed by atoms with Crippen molar-refractivity contribution in [2.45, 2.75) is 19.3 Å². The molecule has 0 spiro atoms. The summed E-state index contributed by atoms with van der Waals surface area (Å²) in [6, 6.07) is 56.3. The number of pyridine rings is 3. The fraction of sp³-hybridized carbons (Fsp3) is 0.0577. The minimum Gasteiger partial charge on any atom is -0.455 e. The molecule has 0 radical (unpaired) electrons. The molecule has 56 heavy (non-hydrogen) atoms. The number of fused-ring (bicyclic) bond motifs is 13. The average Bonchev–Trinajstić information content (AvgIpc) is 3.75. The van der Waals surface area contributed by atoms with E-state index in [1.807, 2.05) is 12.3 Å². The Morgan fingerprint density at radius 2 is 1.09 bits per heavy atom. The summed E-state index contributed by atoms with van der Waals surface area (Å²) in [6.07, 6.45) is 1.84. The molecule has 0 fully saturated rings. The second kappa shape index (κ2) is 11.4. The lowest BCUT2D eigenvalue weighted by atomic mass is 9.80. The van der Waals surface area contributed by atoms with Crippen LogP contribution in [0.15, 0.2) is 168 Å². The molecule has 4 heterocycles. The quantitative estimate of drug-likeness (QED) is 0.171. The van der Waals surface area contributed by atoms with Crippen LogP contribution in [0.5, 0.6) is 0 Å². The smallest absolute Gasteiger partial charge is 0.144 e. The van der Waals surface area contributed by atoms with Crippen molar-refractivity contribution in [3.8, 4) is 44.8 Å². The van der Waals surface area contributed by atoms with Crippen LogP contribution in [0.4, 0.5) is 0 Å². The molecule has 0 unspecified atom stereocenters. The van der Waals surface area contributed by atoms with E-state index in [1.54, 1.807) is 0 Å². The van der Waals surface area contributed by atoms with Crippen LogP contribution in [0.2, 0.25) is 0 Å². The summed E-state index contributed by atoms with van der Waals surface area (Å²) in [5.74, 6) is 0. The lowest BCUT2D eigenvalue weighted by molar-refractivity contribution is 0.653. The van der Waals surface area contributed by atoms with Gasteiger partial charge in [0.25, 0.3) is 0 Å². The van der Waals surface area contributed by atoms with Crippen molar-refractivity contribution >= 4 is 65.4 Å². The molecule has 0 aliphatic heterocycles. The third kappa shape index (κ3) is 4.44. The van der Waals surface area contributed by atoms with Crippen LogP contribution in [0, 0.1) is 0 Å². The third-order valence-corrected chi connectivity index (χ3v) is 12.1. The van der Waals surface area contributed by atoms with Crippen molar-refractivity contribution in [1.82, 2.24) is 15.0 Å². The monoisotopic (exact) mass is 715 g/mol. The molecule has 0 saturated carbocycles. The second-order valence-electron chi connectivity index (χ2n) is 15.6. The van der Waals surface area contributed by atoms with Crippen LogP contribution in [0.1, 0.15) is 25.0 Å². The summed E-state index contributed by atoms with van der Waals surface area (Å²) in [6.45, 7) is 4.68. The van der Waals surface area contributed by atoms with Crippen LogP contribution >= 0.6 is 0 Å². The number of nitrogens with zero attached hydrogens (tertiary/aromatic N) is 3. The summed E-state index contributed by atoms with van der Waals surface area (Å²) in [7, 11) is 0. The van der Waals surface area contributed by atoms with Crippen molar-refractivity contribution in [2.24, 2.45) is 0 Å². The zero-order chi connectivity index (χ0) is 37.1. The summed E-state index contributed by atoms with van der Waals surface area (Å²) >= 11 is 0. The van der Waals surface area contributed by atoms with Gasteiger partial charge < -0.3 is 4.42 Å². The largest absolute Gasteiger partial charge is 0.455 e. The van der Waals surface area contributed by atoms with E-state index in [-0.39, 0.29) is 5.41 Å². The molecule has 11 aromatic rings. The maximum atomic E-state index is 6.85. The highest BCUT2D eigenvalue weighted by Gasteiger charge is 2.39. The topological polar surface area (TPSA) is 51.8 Å². The van der Waals surface area contributed by atoms with Crippen molar-refractivity contribution in [3.05, 3.63) is 175 Å². The van der Waals surface area contributed by atoms with Crippen LogP contribution in [-0.4, -0.2) is 15.0 Å². The molecule has 12 rings (SSSR count). The number of aromatic nitrogens is 3. The van der Waals surface area contributed by atoms with Crippen molar-refractivity contribution in [1.29, 1.82) is 0 Å². The first kappa shape index (κ1) is 31.2. The Balaban J connectivity index is 1.00. The molecule has 4 heteroatoms. The highest BCUT2D eigenvalue weighted by molar-refractivity contribution is 6.18. The second-order valence-corrected chi connectivity index (χ2v) is 15.6. The predicted octanol–water partition coefficient (Wildman–Crippen LogP) is 13.7. The van der Waals surface area contributed by atoms with E-state index in [0.717, 1.165) is 82.7 Å². The number of hydrogen-bond donors (Lipinski definition) is 0. The number of para-hydroxylation sites is 1. The Morgan fingerprint density at radius 1 is 0.464 bits per heavy atom. The molecule has 4 nitrogen and oxygen atoms in total. The molecular formula is C52H33N3O. The molecule has 1 aliphatic rings. The number of rotatable bonds is 3. The fourth-order valence-electron chi connectivity index (χ4n) is 9.20. The molecule has 1 aliphatic carbocycles. The van der Waals surface area contributed by atoms with Gasteiger partial charge in [-0.15, -0.1) is 0 Å². The molecule has 0 N–H and O–H groups in total. The SMILES string of the molecule is CC1(C)c2cc(-c3ccc4ccc5ccccc5c4n3)ccc2-c2c1cc(-c1ccc(-c3ccc4ccc5cccnc5c4n3)cc1)c1c2oc2ccccc21. The first-order valence-corrected chi connectivity index (χ1v) is 19.2. The standard InChI is InChI=1S/C52H33N3O/c1-52(2)41-28-36(44-26-22-34-18-15-30-8-3-4-10-37(30)48(34)54-44)21-24-38(41)47-42(52)29-40(46-39-11-5-6-12-45(39)56-51(46)47)31-13-16-32(17-14-31)43-25-23-35-20-19-33-9-7-27-53-49(33)50(35)55-43/h3-29H,1-2H3. The summed E-state index contributed by atoms with van der Waals surface area (Å²) in [5, 5.41) is 7.96. The third-order valence-electron chi connectivity index (χ3n) is 12.1. The maximum Gasteiger partial charge on any atom is 0.144 e. The Labute approximate surface area is 322 Å². The van der Waals surface area contributed by atoms with Gasteiger partial charge in [-0.2, -0.15) is 0 Å². The molecule has 0 bridgehead atoms. The van der Waals surface area contributed by atoms with Gasteiger partial charge in [0.05, 0.1) is 27.9 Å². The van der Waals surface area contributed by atoms with E-state index in [4.69, 9.17) is 14.4 Å². The number of furan rings is 1. The van der Waals surface area contributed by atoms with Crippen molar-refractivity contribution < 1.29 is 4.42 Å². The molecule has 0 saturated heterocycles. The number of hydrogen-bond acceptors (Lipinski definition) is 4. The Hall–Kier alpha value is -7.17. The minimum atomic E-state index is -0.280. The van der Waals surface area contributed by atoms with Gasteiger partial charge in [-0.25, -0.2) is 9.97 Å². The van der Waals surface area contributed by atoms with Gasteiger partial charge in [0.1, 0.15) is 11.2 Å². The minimum absolute atomic E-state index is 0.280. The lowest BCUT2D eigenvalue weighted by Gasteiger charge is -2.23. The molecular weight excluding hydrogens is 683 g/mol. The van der Waals surface area contributed by atoms with Crippen molar-refractivity contribution in [3.63, 3.8) is 0 Å². The Morgan fingerprint density at radius 3 is 1.93 bits per heavy atom. The van der Waals surface area contributed by atoms with Gasteiger partial charge in [-0.1, -0.05) is 135 Å². The van der Waals surface area contributed by atoms with Crippen LogP contribution in [0.3, 0.4) is 0 Å². The Kier molecular flexibility index (Phi) is 6.37.